The molecule has 1 atom stereocenters. The fourth-order valence-corrected chi connectivity index (χ4v) is 1.49. The van der Waals surface area contributed by atoms with Crippen molar-refractivity contribution in [3.05, 3.63) is 30.3 Å². The molecule has 2 nitrogen and oxygen atoms in total. The van der Waals surface area contributed by atoms with Gasteiger partial charge in [-0.3, -0.25) is 4.79 Å². The van der Waals surface area contributed by atoms with Gasteiger partial charge in [0.25, 0.3) is 5.92 Å². The lowest BCUT2D eigenvalue weighted by molar-refractivity contribution is -0.121. The van der Waals surface area contributed by atoms with Crippen LogP contribution in [0.15, 0.2) is 30.3 Å². The summed E-state index contributed by atoms with van der Waals surface area (Å²) in [6.45, 7) is 0. The second kappa shape index (κ2) is 3.29. The van der Waals surface area contributed by atoms with Gasteiger partial charge >= 0.3 is 0 Å². The van der Waals surface area contributed by atoms with Crippen LogP contribution in [0.4, 0.5) is 14.5 Å². The number of carbonyl (C=O) groups excluding carboxylic acids is 1. The highest BCUT2D eigenvalue weighted by Gasteiger charge is 2.62. The molecule has 1 amide bonds. The van der Waals surface area contributed by atoms with Crippen molar-refractivity contribution in [3.8, 4) is 0 Å². The van der Waals surface area contributed by atoms with Gasteiger partial charge in [-0.05, 0) is 12.1 Å². The smallest absolute Gasteiger partial charge is 0.260 e. The van der Waals surface area contributed by atoms with Crippen LogP contribution in [-0.2, 0) is 4.79 Å². The van der Waals surface area contributed by atoms with E-state index in [0.29, 0.717) is 5.69 Å². The lowest BCUT2D eigenvalue weighted by Gasteiger charge is -2.16. The van der Waals surface area contributed by atoms with Gasteiger partial charge in [0.2, 0.25) is 5.91 Å². The first-order valence-corrected chi connectivity index (χ1v) is 4.73. The molecule has 1 aromatic rings. The van der Waals surface area contributed by atoms with E-state index < -0.39 is 17.7 Å². The number of carbonyl (C=O) groups is 1. The molecule has 1 unspecified atom stereocenters. The average molecular weight is 211 g/mol. The standard InChI is InChI=1S/C11H11F2NO/c1-14(8-5-3-2-4-6-8)10(15)9-7-11(9,12)13/h2-6,9H,7H2,1H3. The molecular weight excluding hydrogens is 200 g/mol. The first kappa shape index (κ1) is 10.1. The number of nitrogens with zero attached hydrogens (tertiary/aromatic N) is 1. The van der Waals surface area contributed by atoms with Gasteiger partial charge in [0.05, 0.1) is 0 Å². The molecule has 0 aromatic heterocycles. The van der Waals surface area contributed by atoms with Gasteiger partial charge in [-0.1, -0.05) is 18.2 Å². The van der Waals surface area contributed by atoms with Crippen LogP contribution in [0.5, 0.6) is 0 Å². The molecule has 1 saturated carbocycles. The Kier molecular flexibility index (Phi) is 2.21. The van der Waals surface area contributed by atoms with Crippen molar-refractivity contribution < 1.29 is 13.6 Å². The minimum Gasteiger partial charge on any atom is -0.315 e. The predicted octanol–water partition coefficient (Wildman–Crippen LogP) is 2.30. The molecule has 1 aromatic carbocycles. The number of benzene rings is 1. The van der Waals surface area contributed by atoms with Gasteiger partial charge in [-0.2, -0.15) is 0 Å². The van der Waals surface area contributed by atoms with E-state index in [2.05, 4.69) is 0 Å². The molecule has 2 rings (SSSR count). The van der Waals surface area contributed by atoms with Crippen LogP contribution in [0.3, 0.4) is 0 Å². The Morgan fingerprint density at radius 2 is 1.93 bits per heavy atom. The second-order valence-electron chi connectivity index (χ2n) is 3.75. The van der Waals surface area contributed by atoms with Crippen molar-refractivity contribution in [2.45, 2.75) is 12.3 Å². The molecule has 0 saturated heterocycles. The zero-order chi connectivity index (χ0) is 11.1. The van der Waals surface area contributed by atoms with E-state index in [4.69, 9.17) is 0 Å². The summed E-state index contributed by atoms with van der Waals surface area (Å²) < 4.78 is 25.4. The quantitative estimate of drug-likeness (QED) is 0.735. The fourth-order valence-electron chi connectivity index (χ4n) is 1.49. The zero-order valence-electron chi connectivity index (χ0n) is 8.28. The Morgan fingerprint density at radius 3 is 2.40 bits per heavy atom. The minimum absolute atomic E-state index is 0.316. The number of amides is 1. The SMILES string of the molecule is CN(C(=O)C1CC1(F)F)c1ccccc1. The second-order valence-corrected chi connectivity index (χ2v) is 3.75. The number of halogens is 2. The van der Waals surface area contributed by atoms with E-state index >= 15 is 0 Å². The molecule has 0 radical (unpaired) electrons. The van der Waals surface area contributed by atoms with E-state index in [1.165, 1.54) is 11.9 Å². The van der Waals surface area contributed by atoms with E-state index in [1.807, 2.05) is 6.07 Å². The Balaban J connectivity index is 2.10. The van der Waals surface area contributed by atoms with Crippen LogP contribution >= 0.6 is 0 Å². The largest absolute Gasteiger partial charge is 0.315 e. The summed E-state index contributed by atoms with van der Waals surface area (Å²) in [6, 6.07) is 8.79. The molecule has 0 N–H and O–H groups in total. The summed E-state index contributed by atoms with van der Waals surface area (Å²) in [4.78, 5) is 12.9. The fraction of sp³-hybridized carbons (Fsp3) is 0.364. The van der Waals surface area contributed by atoms with E-state index in [0.717, 1.165) is 0 Å². The molecule has 1 aliphatic rings. The summed E-state index contributed by atoms with van der Waals surface area (Å²) in [5, 5.41) is 0. The molecule has 4 heteroatoms. The highest BCUT2D eigenvalue weighted by atomic mass is 19.3. The molecule has 0 spiro atoms. The molecule has 0 aliphatic heterocycles. The Labute approximate surface area is 86.5 Å². The van der Waals surface area contributed by atoms with E-state index in [9.17, 15) is 13.6 Å². The Hall–Kier alpha value is -1.45. The number of para-hydroxylation sites is 1. The monoisotopic (exact) mass is 211 g/mol. The molecule has 1 fully saturated rings. The molecule has 80 valence electrons. The Bertz CT molecular complexity index is 377. The first-order chi connectivity index (χ1) is 7.02. The molecule has 1 aliphatic carbocycles. The predicted molar refractivity (Wildman–Crippen MR) is 52.9 cm³/mol. The minimum atomic E-state index is -2.79. The molecule has 0 heterocycles. The highest BCUT2D eigenvalue weighted by molar-refractivity contribution is 5.97. The number of anilines is 1. The lowest BCUT2D eigenvalue weighted by atomic mass is 10.2. The number of rotatable bonds is 2. The maximum atomic E-state index is 12.7. The number of hydrogen-bond donors (Lipinski definition) is 0. The van der Waals surface area contributed by atoms with Crippen LogP contribution in [0.25, 0.3) is 0 Å². The maximum Gasteiger partial charge on any atom is 0.260 e. The molecule has 15 heavy (non-hydrogen) atoms. The van der Waals surface area contributed by atoms with Gasteiger partial charge in [0.1, 0.15) is 5.92 Å². The summed E-state index contributed by atoms with van der Waals surface area (Å²) in [5.41, 5.74) is 0.644. The van der Waals surface area contributed by atoms with Crippen LogP contribution in [0.1, 0.15) is 6.42 Å². The van der Waals surface area contributed by atoms with Crippen LogP contribution in [0, 0.1) is 5.92 Å². The third-order valence-electron chi connectivity index (χ3n) is 2.60. The average Bonchev–Trinajstić information content (AvgIpc) is 2.87. The Morgan fingerprint density at radius 1 is 1.40 bits per heavy atom. The van der Waals surface area contributed by atoms with Crippen molar-refractivity contribution in [3.63, 3.8) is 0 Å². The van der Waals surface area contributed by atoms with Crippen LogP contribution in [0.2, 0.25) is 0 Å². The third-order valence-corrected chi connectivity index (χ3v) is 2.60. The molecule has 0 bridgehead atoms. The van der Waals surface area contributed by atoms with E-state index in [1.54, 1.807) is 24.3 Å². The van der Waals surface area contributed by atoms with Crippen LogP contribution < -0.4 is 4.90 Å². The van der Waals surface area contributed by atoms with Crippen molar-refractivity contribution >= 4 is 11.6 Å². The van der Waals surface area contributed by atoms with Gasteiger partial charge < -0.3 is 4.90 Å². The van der Waals surface area contributed by atoms with Gasteiger partial charge in [-0.15, -0.1) is 0 Å². The van der Waals surface area contributed by atoms with Crippen molar-refractivity contribution in [2.75, 3.05) is 11.9 Å². The summed E-state index contributed by atoms with van der Waals surface area (Å²) in [7, 11) is 1.52. The first-order valence-electron chi connectivity index (χ1n) is 4.73. The van der Waals surface area contributed by atoms with Gasteiger partial charge in [0, 0.05) is 19.2 Å². The number of hydrogen-bond acceptors (Lipinski definition) is 1. The normalized spacial score (nSPS) is 22.2. The van der Waals surface area contributed by atoms with Crippen molar-refractivity contribution in [1.82, 2.24) is 0 Å². The lowest BCUT2D eigenvalue weighted by Crippen LogP contribution is -2.29. The summed E-state index contributed by atoms with van der Waals surface area (Å²) in [5.74, 6) is -4.42. The third kappa shape index (κ3) is 1.84. The van der Waals surface area contributed by atoms with E-state index in [-0.39, 0.29) is 6.42 Å². The highest BCUT2D eigenvalue weighted by Crippen LogP contribution is 2.49. The van der Waals surface area contributed by atoms with Gasteiger partial charge in [-0.25, -0.2) is 8.78 Å². The van der Waals surface area contributed by atoms with Crippen molar-refractivity contribution in [1.29, 1.82) is 0 Å². The maximum absolute atomic E-state index is 12.7. The molecular formula is C11H11F2NO. The van der Waals surface area contributed by atoms with Gasteiger partial charge in [0.15, 0.2) is 0 Å². The summed E-state index contributed by atoms with van der Waals surface area (Å²) >= 11 is 0. The topological polar surface area (TPSA) is 20.3 Å². The summed E-state index contributed by atoms with van der Waals surface area (Å²) in [6.07, 6.45) is -0.316. The van der Waals surface area contributed by atoms with Crippen LogP contribution in [-0.4, -0.2) is 18.9 Å². The number of alkyl halides is 2. The van der Waals surface area contributed by atoms with Crippen molar-refractivity contribution in [2.24, 2.45) is 5.92 Å². The zero-order valence-corrected chi connectivity index (χ0v) is 8.28.